The number of hydrogen-bond donors (Lipinski definition) is 1. The second-order valence-corrected chi connectivity index (χ2v) is 4.48. The number of allylic oxidation sites excluding steroid dienone is 1. The second kappa shape index (κ2) is 5.66. The molecule has 0 aromatic carbocycles. The van der Waals surface area contributed by atoms with Crippen LogP contribution in [0.15, 0.2) is 16.9 Å². The van der Waals surface area contributed by atoms with Crippen LogP contribution in [0.4, 0.5) is 0 Å². The molecule has 0 spiro atoms. The Hall–Kier alpha value is -1.34. The maximum Gasteiger partial charge on any atom is 0.213 e. The lowest BCUT2D eigenvalue weighted by Gasteiger charge is -2.18. The summed E-state index contributed by atoms with van der Waals surface area (Å²) < 4.78 is 19.8. The van der Waals surface area contributed by atoms with Gasteiger partial charge in [-0.1, -0.05) is 0 Å². The molecule has 1 N–H and O–H groups in total. The number of hydrogen-bond acceptors (Lipinski definition) is 5. The van der Waals surface area contributed by atoms with Crippen LogP contribution in [0.5, 0.6) is 0 Å². The SMILES string of the molecule is CN1C=C(CC(C(=O)C=O)S(=O)O)N=CC1. The molecule has 1 aliphatic heterocycles. The number of carbonyl (C=O) groups is 2. The molecular formula is C9H12N2O4S. The van der Waals surface area contributed by atoms with Crippen LogP contribution in [0.3, 0.4) is 0 Å². The molecule has 0 saturated heterocycles. The zero-order valence-electron chi connectivity index (χ0n) is 8.70. The molecule has 16 heavy (non-hydrogen) atoms. The van der Waals surface area contributed by atoms with Crippen LogP contribution in [0.2, 0.25) is 0 Å². The molecule has 1 rings (SSSR count). The van der Waals surface area contributed by atoms with Gasteiger partial charge in [0.25, 0.3) is 0 Å². The highest BCUT2D eigenvalue weighted by molar-refractivity contribution is 7.80. The van der Waals surface area contributed by atoms with E-state index in [2.05, 4.69) is 4.99 Å². The summed E-state index contributed by atoms with van der Waals surface area (Å²) in [6.07, 6.45) is 3.37. The van der Waals surface area contributed by atoms with Gasteiger partial charge in [-0.05, 0) is 0 Å². The van der Waals surface area contributed by atoms with E-state index >= 15 is 0 Å². The molecule has 0 aromatic heterocycles. The summed E-state index contributed by atoms with van der Waals surface area (Å²) in [6, 6.07) is 0. The summed E-state index contributed by atoms with van der Waals surface area (Å²) in [5.74, 6) is -0.884. The van der Waals surface area contributed by atoms with E-state index in [1.165, 1.54) is 0 Å². The Morgan fingerprint density at radius 1 is 1.81 bits per heavy atom. The highest BCUT2D eigenvalue weighted by Crippen LogP contribution is 2.14. The molecule has 88 valence electrons. The first-order valence-electron chi connectivity index (χ1n) is 4.56. The predicted octanol–water partition coefficient (Wildman–Crippen LogP) is -0.408. The number of nitrogens with zero attached hydrogens (tertiary/aromatic N) is 2. The van der Waals surface area contributed by atoms with E-state index in [0.717, 1.165) is 0 Å². The molecule has 1 aliphatic rings. The molecule has 0 bridgehead atoms. The minimum absolute atomic E-state index is 0.0124. The van der Waals surface area contributed by atoms with Crippen LogP contribution >= 0.6 is 0 Å². The minimum atomic E-state index is -2.36. The van der Waals surface area contributed by atoms with Crippen LogP contribution in [0.25, 0.3) is 0 Å². The van der Waals surface area contributed by atoms with E-state index in [1.807, 2.05) is 11.9 Å². The number of carbonyl (C=O) groups excluding carboxylic acids is 2. The Kier molecular flexibility index (Phi) is 4.51. The monoisotopic (exact) mass is 244 g/mol. The van der Waals surface area contributed by atoms with Crippen LogP contribution < -0.4 is 0 Å². The molecule has 0 aromatic rings. The van der Waals surface area contributed by atoms with Gasteiger partial charge in [-0.2, -0.15) is 0 Å². The Balaban J connectivity index is 2.76. The van der Waals surface area contributed by atoms with Gasteiger partial charge in [-0.15, -0.1) is 0 Å². The Morgan fingerprint density at radius 3 is 3.00 bits per heavy atom. The third kappa shape index (κ3) is 3.35. The fourth-order valence-corrected chi connectivity index (χ4v) is 1.84. The van der Waals surface area contributed by atoms with Crippen molar-refractivity contribution in [1.82, 2.24) is 4.90 Å². The van der Waals surface area contributed by atoms with Crippen LogP contribution in [0, 0.1) is 0 Å². The molecule has 1 heterocycles. The molecular weight excluding hydrogens is 232 g/mol. The molecule has 0 fully saturated rings. The van der Waals surface area contributed by atoms with E-state index in [1.54, 1.807) is 12.4 Å². The zero-order chi connectivity index (χ0) is 12.1. The number of ketones is 1. The Bertz CT molecular complexity index is 378. The molecule has 0 radical (unpaired) electrons. The molecule has 0 saturated carbocycles. The van der Waals surface area contributed by atoms with Gasteiger partial charge in [-0.3, -0.25) is 14.6 Å². The van der Waals surface area contributed by atoms with Gasteiger partial charge in [-0.25, -0.2) is 4.21 Å². The van der Waals surface area contributed by atoms with Crippen molar-refractivity contribution in [3.63, 3.8) is 0 Å². The lowest BCUT2D eigenvalue weighted by atomic mass is 10.2. The Labute approximate surface area is 95.3 Å². The van der Waals surface area contributed by atoms with Crippen molar-refractivity contribution in [3.8, 4) is 0 Å². The van der Waals surface area contributed by atoms with Crippen molar-refractivity contribution in [2.75, 3.05) is 13.6 Å². The largest absolute Gasteiger partial charge is 0.374 e. The summed E-state index contributed by atoms with van der Waals surface area (Å²) >= 11 is -2.36. The third-order valence-electron chi connectivity index (χ3n) is 2.07. The lowest BCUT2D eigenvalue weighted by Crippen LogP contribution is -2.28. The number of aldehydes is 1. The van der Waals surface area contributed by atoms with Crippen molar-refractivity contribution < 1.29 is 18.4 Å². The first kappa shape index (κ1) is 12.7. The average molecular weight is 244 g/mol. The summed E-state index contributed by atoms with van der Waals surface area (Å²) in [5.41, 5.74) is 0.511. The maximum absolute atomic E-state index is 11.1. The topological polar surface area (TPSA) is 87.0 Å². The molecule has 6 nitrogen and oxygen atoms in total. The van der Waals surface area contributed by atoms with Crippen molar-refractivity contribution >= 4 is 29.4 Å². The van der Waals surface area contributed by atoms with Gasteiger partial charge in [0.2, 0.25) is 5.78 Å². The van der Waals surface area contributed by atoms with E-state index < -0.39 is 22.1 Å². The molecule has 2 atom stereocenters. The Morgan fingerprint density at radius 2 is 2.50 bits per heavy atom. The third-order valence-corrected chi connectivity index (χ3v) is 2.95. The fraction of sp³-hybridized carbons (Fsp3) is 0.444. The van der Waals surface area contributed by atoms with Gasteiger partial charge < -0.3 is 9.45 Å². The van der Waals surface area contributed by atoms with E-state index in [9.17, 15) is 13.8 Å². The lowest BCUT2D eigenvalue weighted by molar-refractivity contribution is -0.129. The number of aliphatic imine (C=N–C) groups is 1. The summed E-state index contributed by atoms with van der Waals surface area (Å²) in [5, 5.41) is -1.23. The first-order chi connectivity index (χ1) is 7.54. The summed E-state index contributed by atoms with van der Waals surface area (Å²) in [4.78, 5) is 27.2. The highest BCUT2D eigenvalue weighted by Gasteiger charge is 2.25. The maximum atomic E-state index is 11.1. The quantitative estimate of drug-likeness (QED) is 0.403. The van der Waals surface area contributed by atoms with E-state index in [4.69, 9.17) is 4.55 Å². The smallest absolute Gasteiger partial charge is 0.213 e. The molecule has 0 aliphatic carbocycles. The van der Waals surface area contributed by atoms with Gasteiger partial charge in [0.05, 0.1) is 12.2 Å². The second-order valence-electron chi connectivity index (χ2n) is 3.36. The normalized spacial score (nSPS) is 18.9. The number of rotatable bonds is 5. The highest BCUT2D eigenvalue weighted by atomic mass is 32.2. The van der Waals surface area contributed by atoms with Crippen LogP contribution in [0.1, 0.15) is 6.42 Å². The van der Waals surface area contributed by atoms with Gasteiger partial charge >= 0.3 is 0 Å². The van der Waals surface area contributed by atoms with E-state index in [-0.39, 0.29) is 12.7 Å². The fourth-order valence-electron chi connectivity index (χ4n) is 1.27. The van der Waals surface area contributed by atoms with Crippen LogP contribution in [-0.2, 0) is 20.7 Å². The summed E-state index contributed by atoms with van der Waals surface area (Å²) in [6.45, 7) is 0.651. The van der Waals surface area contributed by atoms with Gasteiger partial charge in [0.1, 0.15) is 5.25 Å². The van der Waals surface area contributed by atoms with Crippen molar-refractivity contribution in [1.29, 1.82) is 0 Å². The van der Waals surface area contributed by atoms with Gasteiger partial charge in [0.15, 0.2) is 17.4 Å². The molecule has 0 amide bonds. The molecule has 7 heteroatoms. The molecule has 2 unspecified atom stereocenters. The number of Topliss-reactive ketones (excluding diaryl/α,β-unsaturated/α-hetero) is 1. The summed E-state index contributed by atoms with van der Waals surface area (Å²) in [7, 11) is 1.82. The van der Waals surface area contributed by atoms with Crippen molar-refractivity contribution in [2.24, 2.45) is 4.99 Å². The van der Waals surface area contributed by atoms with E-state index in [0.29, 0.717) is 12.2 Å². The van der Waals surface area contributed by atoms with Gasteiger partial charge in [0, 0.05) is 25.9 Å². The van der Waals surface area contributed by atoms with Crippen LogP contribution in [-0.4, -0.2) is 50.8 Å². The predicted molar refractivity (Wildman–Crippen MR) is 59.5 cm³/mol. The van der Waals surface area contributed by atoms with Crippen molar-refractivity contribution in [2.45, 2.75) is 11.7 Å². The first-order valence-corrected chi connectivity index (χ1v) is 5.73. The minimum Gasteiger partial charge on any atom is -0.374 e. The zero-order valence-corrected chi connectivity index (χ0v) is 9.51. The standard InChI is InChI=1S/C9H12N2O4S/c1-11-3-2-10-7(5-11)4-9(16(14)15)8(13)6-12/h2,5-6,9H,3-4H2,1H3,(H,14,15). The average Bonchev–Trinajstić information content (AvgIpc) is 2.24. The van der Waals surface area contributed by atoms with Crippen molar-refractivity contribution in [3.05, 3.63) is 11.9 Å².